The molecule has 15 heavy (non-hydrogen) atoms. The van der Waals surface area contributed by atoms with E-state index in [9.17, 15) is 0 Å². The second kappa shape index (κ2) is 13.2. The van der Waals surface area contributed by atoms with Crippen LogP contribution in [-0.2, 0) is 0 Å². The Bertz CT molecular complexity index is 204. The summed E-state index contributed by atoms with van der Waals surface area (Å²) in [6.45, 7) is 16.5. The molecule has 0 aromatic rings. The third-order valence-corrected chi connectivity index (χ3v) is 2.12. The number of hydrogen-bond donors (Lipinski definition) is 0. The Kier molecular flexibility index (Phi) is 17.4. The summed E-state index contributed by atoms with van der Waals surface area (Å²) in [5, 5.41) is 0. The molecule has 0 aliphatic heterocycles. The summed E-state index contributed by atoms with van der Waals surface area (Å²) in [7, 11) is 0. The van der Waals surface area contributed by atoms with Gasteiger partial charge in [0.05, 0.1) is 0 Å². The van der Waals surface area contributed by atoms with Gasteiger partial charge in [-0.2, -0.15) is 0 Å². The van der Waals surface area contributed by atoms with Crippen molar-refractivity contribution in [2.45, 2.75) is 61.8 Å². The van der Waals surface area contributed by atoms with Crippen molar-refractivity contribution in [2.75, 3.05) is 0 Å². The second-order valence-corrected chi connectivity index (χ2v) is 3.01. The molecule has 0 amide bonds. The highest BCUT2D eigenvalue weighted by Crippen LogP contribution is 2.17. The van der Waals surface area contributed by atoms with Gasteiger partial charge in [-0.05, 0) is 32.3 Å². The largest absolute Gasteiger partial charge is 0.0956 e. The molecule has 0 spiro atoms. The Labute approximate surface area is 97.8 Å². The van der Waals surface area contributed by atoms with Gasteiger partial charge in [0.15, 0.2) is 0 Å². The zero-order chi connectivity index (χ0) is 11.6. The SMILES string of the molecule is C.C=C(CC)/C(=C\C(C)=C/C)CC.CC. The van der Waals surface area contributed by atoms with Crippen molar-refractivity contribution in [3.8, 4) is 0 Å². The zero-order valence-electron chi connectivity index (χ0n) is 10.8. The zero-order valence-corrected chi connectivity index (χ0v) is 10.8. The summed E-state index contributed by atoms with van der Waals surface area (Å²) >= 11 is 0. The minimum atomic E-state index is 0. The van der Waals surface area contributed by atoms with E-state index in [4.69, 9.17) is 0 Å². The molecule has 0 aliphatic rings. The maximum Gasteiger partial charge on any atom is -0.0305 e. The molecule has 0 atom stereocenters. The molecular formula is C15H30. The van der Waals surface area contributed by atoms with Crippen LogP contribution in [0.25, 0.3) is 0 Å². The molecule has 90 valence electrons. The van der Waals surface area contributed by atoms with E-state index in [1.807, 2.05) is 13.8 Å². The van der Waals surface area contributed by atoms with Gasteiger partial charge in [0.2, 0.25) is 0 Å². The van der Waals surface area contributed by atoms with E-state index in [-0.39, 0.29) is 7.43 Å². The molecule has 0 bridgehead atoms. The summed E-state index contributed by atoms with van der Waals surface area (Å²) in [5.74, 6) is 0. The fourth-order valence-electron chi connectivity index (χ4n) is 1.04. The fraction of sp³-hybridized carbons (Fsp3) is 0.600. The van der Waals surface area contributed by atoms with Crippen LogP contribution in [0, 0.1) is 0 Å². The Morgan fingerprint density at radius 3 is 1.87 bits per heavy atom. The minimum Gasteiger partial charge on any atom is -0.0956 e. The van der Waals surface area contributed by atoms with Crippen molar-refractivity contribution in [1.82, 2.24) is 0 Å². The van der Waals surface area contributed by atoms with Crippen LogP contribution in [0.3, 0.4) is 0 Å². The lowest BCUT2D eigenvalue weighted by molar-refractivity contribution is 1.03. The van der Waals surface area contributed by atoms with Crippen LogP contribution >= 0.6 is 0 Å². The van der Waals surface area contributed by atoms with E-state index < -0.39 is 0 Å². The van der Waals surface area contributed by atoms with Gasteiger partial charge in [-0.3, -0.25) is 0 Å². The van der Waals surface area contributed by atoms with Crippen LogP contribution in [0.1, 0.15) is 61.8 Å². The van der Waals surface area contributed by atoms with Crippen LogP contribution < -0.4 is 0 Å². The highest BCUT2D eigenvalue weighted by Gasteiger charge is 1.97. The van der Waals surface area contributed by atoms with E-state index in [1.165, 1.54) is 16.7 Å². The van der Waals surface area contributed by atoms with E-state index in [2.05, 4.69) is 46.4 Å². The van der Waals surface area contributed by atoms with Gasteiger partial charge in [0, 0.05) is 0 Å². The Balaban J connectivity index is -0.000000449. The summed E-state index contributed by atoms with van der Waals surface area (Å²) in [6, 6.07) is 0. The molecule has 0 unspecified atom stereocenters. The molecule has 0 saturated carbocycles. The van der Waals surface area contributed by atoms with Crippen molar-refractivity contribution < 1.29 is 0 Å². The molecule has 0 aromatic heterocycles. The molecule has 0 aromatic carbocycles. The van der Waals surface area contributed by atoms with Gasteiger partial charge in [-0.15, -0.1) is 0 Å². The smallest absolute Gasteiger partial charge is 0.0305 e. The van der Waals surface area contributed by atoms with E-state index in [1.54, 1.807) is 0 Å². The Hall–Kier alpha value is -0.780. The first-order valence-corrected chi connectivity index (χ1v) is 5.67. The van der Waals surface area contributed by atoms with Crippen molar-refractivity contribution in [3.05, 3.63) is 35.5 Å². The summed E-state index contributed by atoms with van der Waals surface area (Å²) in [5.41, 5.74) is 3.97. The first-order valence-electron chi connectivity index (χ1n) is 5.67. The number of hydrogen-bond acceptors (Lipinski definition) is 0. The Morgan fingerprint density at radius 2 is 1.60 bits per heavy atom. The van der Waals surface area contributed by atoms with E-state index >= 15 is 0 Å². The summed E-state index contributed by atoms with van der Waals surface area (Å²) < 4.78 is 0. The highest BCUT2D eigenvalue weighted by atomic mass is 14.0. The third-order valence-electron chi connectivity index (χ3n) is 2.12. The maximum absolute atomic E-state index is 4.04. The lowest BCUT2D eigenvalue weighted by Gasteiger charge is -2.05. The van der Waals surface area contributed by atoms with E-state index in [0.717, 1.165) is 12.8 Å². The molecule has 0 fully saturated rings. The maximum atomic E-state index is 4.04. The average molecular weight is 210 g/mol. The van der Waals surface area contributed by atoms with Gasteiger partial charge in [-0.1, -0.05) is 65.0 Å². The highest BCUT2D eigenvalue weighted by molar-refractivity contribution is 5.34. The third kappa shape index (κ3) is 9.52. The van der Waals surface area contributed by atoms with Crippen molar-refractivity contribution >= 4 is 0 Å². The Morgan fingerprint density at radius 1 is 1.13 bits per heavy atom. The van der Waals surface area contributed by atoms with Gasteiger partial charge in [0.1, 0.15) is 0 Å². The van der Waals surface area contributed by atoms with Gasteiger partial charge >= 0.3 is 0 Å². The second-order valence-electron chi connectivity index (χ2n) is 3.01. The van der Waals surface area contributed by atoms with Crippen LogP contribution in [-0.4, -0.2) is 0 Å². The molecule has 0 heteroatoms. The van der Waals surface area contributed by atoms with Gasteiger partial charge in [0.25, 0.3) is 0 Å². The number of rotatable bonds is 4. The normalized spacial score (nSPS) is 11.1. The molecule has 0 aliphatic carbocycles. The predicted molar refractivity (Wildman–Crippen MR) is 75.3 cm³/mol. The molecule has 0 heterocycles. The minimum absolute atomic E-state index is 0. The molecule has 0 saturated heterocycles. The van der Waals surface area contributed by atoms with Crippen molar-refractivity contribution in [1.29, 1.82) is 0 Å². The van der Waals surface area contributed by atoms with E-state index in [0.29, 0.717) is 0 Å². The lowest BCUT2D eigenvalue weighted by atomic mass is 10.0. The summed E-state index contributed by atoms with van der Waals surface area (Å²) in [4.78, 5) is 0. The predicted octanol–water partition coefficient (Wildman–Crippen LogP) is 5.92. The average Bonchev–Trinajstić information content (AvgIpc) is 2.27. The van der Waals surface area contributed by atoms with Crippen LogP contribution in [0.15, 0.2) is 35.5 Å². The van der Waals surface area contributed by atoms with Crippen molar-refractivity contribution in [2.24, 2.45) is 0 Å². The molecule has 0 N–H and O–H groups in total. The molecule has 0 nitrogen and oxygen atoms in total. The van der Waals surface area contributed by atoms with Crippen molar-refractivity contribution in [3.63, 3.8) is 0 Å². The van der Waals surface area contributed by atoms with Crippen LogP contribution in [0.4, 0.5) is 0 Å². The fourth-order valence-corrected chi connectivity index (χ4v) is 1.04. The standard InChI is InChI=1S/C12H20.C2H6.CH4/c1-6-10(4)9-12(8-3)11(5)7-2;1-2;/h6,9H,5,7-8H2,1-4H3;1-2H3;1H4/b10-6-,12-9-;;. The monoisotopic (exact) mass is 210 g/mol. The van der Waals surface area contributed by atoms with Crippen LogP contribution in [0.5, 0.6) is 0 Å². The lowest BCUT2D eigenvalue weighted by Crippen LogP contribution is -1.85. The molecular weight excluding hydrogens is 180 g/mol. The molecule has 0 radical (unpaired) electrons. The van der Waals surface area contributed by atoms with Gasteiger partial charge in [-0.25, -0.2) is 0 Å². The number of allylic oxidation sites excluding steroid dienone is 5. The van der Waals surface area contributed by atoms with Crippen LogP contribution in [0.2, 0.25) is 0 Å². The molecule has 0 rings (SSSR count). The first kappa shape index (κ1) is 19.7. The van der Waals surface area contributed by atoms with Gasteiger partial charge < -0.3 is 0 Å². The topological polar surface area (TPSA) is 0 Å². The quantitative estimate of drug-likeness (QED) is 0.505. The summed E-state index contributed by atoms with van der Waals surface area (Å²) in [6.07, 6.45) is 6.49. The first-order chi connectivity index (χ1) is 6.65.